The van der Waals surface area contributed by atoms with Crippen molar-refractivity contribution in [1.82, 2.24) is 10.2 Å². The van der Waals surface area contributed by atoms with E-state index in [2.05, 4.69) is 10.6 Å². The van der Waals surface area contributed by atoms with Gasteiger partial charge in [0.05, 0.1) is 35.2 Å². The highest BCUT2D eigenvalue weighted by Crippen LogP contribution is 2.54. The lowest BCUT2D eigenvalue weighted by Gasteiger charge is -2.30. The SMILES string of the molecule is NC(=O)CC1NC2(C(=O)Nc3c(Cl)cccc32)C2C(=O)N(CC3CCCO3)C(=O)C12. The van der Waals surface area contributed by atoms with E-state index in [1.165, 1.54) is 4.90 Å². The highest BCUT2D eigenvalue weighted by atomic mass is 35.5. The van der Waals surface area contributed by atoms with E-state index in [0.29, 0.717) is 22.9 Å². The zero-order chi connectivity index (χ0) is 21.2. The number of ether oxygens (including phenoxy) is 1. The number of carbonyl (C=O) groups excluding carboxylic acids is 4. The first kappa shape index (κ1) is 19.5. The number of fused-ring (bicyclic) bond motifs is 4. The number of likely N-dealkylation sites (tertiary alicyclic amines) is 1. The molecule has 0 saturated carbocycles. The lowest BCUT2D eigenvalue weighted by atomic mass is 9.76. The quantitative estimate of drug-likeness (QED) is 0.579. The smallest absolute Gasteiger partial charge is 0.250 e. The van der Waals surface area contributed by atoms with Crippen molar-refractivity contribution in [1.29, 1.82) is 0 Å². The number of carbonyl (C=O) groups is 4. The summed E-state index contributed by atoms with van der Waals surface area (Å²) in [5.41, 5.74) is 4.84. The number of nitrogens with one attached hydrogen (secondary N) is 2. The standard InChI is InChI=1S/C20H21ClN4O5/c21-11-5-1-4-10-16(11)23-19(29)20(10)15-14(12(24-20)7-13(22)26)17(27)25(18(15)28)8-9-3-2-6-30-9/h1,4-5,9,12,14-15,24H,2-3,6-8H2,(H2,22,26)(H,23,29). The minimum absolute atomic E-state index is 0.147. The molecule has 5 rings (SSSR count). The minimum atomic E-state index is -1.48. The van der Waals surface area contributed by atoms with Gasteiger partial charge in [-0.3, -0.25) is 29.4 Å². The van der Waals surface area contributed by atoms with Crippen LogP contribution in [0.5, 0.6) is 0 Å². The van der Waals surface area contributed by atoms with Gasteiger partial charge < -0.3 is 15.8 Å². The Bertz CT molecular complexity index is 978. The van der Waals surface area contributed by atoms with Gasteiger partial charge in [0, 0.05) is 24.6 Å². The molecule has 30 heavy (non-hydrogen) atoms. The molecule has 0 aromatic heterocycles. The zero-order valence-corrected chi connectivity index (χ0v) is 16.8. The minimum Gasteiger partial charge on any atom is -0.376 e. The monoisotopic (exact) mass is 432 g/mol. The molecule has 1 aromatic rings. The van der Waals surface area contributed by atoms with Crippen molar-refractivity contribution in [3.05, 3.63) is 28.8 Å². The van der Waals surface area contributed by atoms with Crippen LogP contribution in [-0.2, 0) is 29.5 Å². The summed E-state index contributed by atoms with van der Waals surface area (Å²) in [6.45, 7) is 0.742. The second kappa shape index (κ2) is 6.76. The third-order valence-electron chi connectivity index (χ3n) is 6.62. The lowest BCUT2D eigenvalue weighted by Crippen LogP contribution is -2.54. The molecule has 9 nitrogen and oxygen atoms in total. The van der Waals surface area contributed by atoms with Gasteiger partial charge in [0.2, 0.25) is 23.6 Å². The van der Waals surface area contributed by atoms with Crippen LogP contribution in [-0.4, -0.2) is 53.8 Å². The molecule has 5 atom stereocenters. The van der Waals surface area contributed by atoms with Gasteiger partial charge in [0.15, 0.2) is 0 Å². The Labute approximate surface area is 177 Å². The molecule has 10 heteroatoms. The maximum atomic E-state index is 13.5. The van der Waals surface area contributed by atoms with Crippen LogP contribution in [0.1, 0.15) is 24.8 Å². The van der Waals surface area contributed by atoms with Crippen molar-refractivity contribution < 1.29 is 23.9 Å². The molecule has 158 valence electrons. The number of hydrogen-bond acceptors (Lipinski definition) is 6. The molecule has 4 aliphatic rings. The molecule has 4 heterocycles. The van der Waals surface area contributed by atoms with Crippen molar-refractivity contribution in [2.75, 3.05) is 18.5 Å². The number of nitrogens with two attached hydrogens (primary N) is 1. The van der Waals surface area contributed by atoms with Crippen molar-refractivity contribution >= 4 is 40.9 Å². The Balaban J connectivity index is 1.60. The van der Waals surface area contributed by atoms with Crippen LogP contribution in [0.25, 0.3) is 0 Å². The molecule has 1 spiro atoms. The van der Waals surface area contributed by atoms with E-state index in [4.69, 9.17) is 22.1 Å². The number of amides is 4. The second-order valence-corrected chi connectivity index (χ2v) is 8.68. The fourth-order valence-electron chi connectivity index (χ4n) is 5.42. The molecule has 0 radical (unpaired) electrons. The molecule has 4 N–H and O–H groups in total. The molecule has 0 bridgehead atoms. The largest absolute Gasteiger partial charge is 0.376 e. The Kier molecular flexibility index (Phi) is 4.39. The van der Waals surface area contributed by atoms with Crippen LogP contribution in [0.4, 0.5) is 5.69 Å². The van der Waals surface area contributed by atoms with E-state index in [-0.39, 0.29) is 19.1 Å². The van der Waals surface area contributed by atoms with Crippen molar-refractivity contribution in [3.63, 3.8) is 0 Å². The molecule has 3 fully saturated rings. The van der Waals surface area contributed by atoms with Gasteiger partial charge >= 0.3 is 0 Å². The first-order valence-electron chi connectivity index (χ1n) is 9.98. The highest BCUT2D eigenvalue weighted by molar-refractivity contribution is 6.35. The Hall–Kier alpha value is -2.49. The normalized spacial score (nSPS) is 34.6. The van der Waals surface area contributed by atoms with Gasteiger partial charge in [-0.25, -0.2) is 0 Å². The van der Waals surface area contributed by atoms with E-state index in [1.54, 1.807) is 18.2 Å². The van der Waals surface area contributed by atoms with Gasteiger partial charge in [-0.05, 0) is 18.9 Å². The maximum absolute atomic E-state index is 13.5. The van der Waals surface area contributed by atoms with Gasteiger partial charge in [-0.2, -0.15) is 0 Å². The van der Waals surface area contributed by atoms with Crippen LogP contribution in [0.3, 0.4) is 0 Å². The number of primary amides is 1. The fraction of sp³-hybridized carbons (Fsp3) is 0.500. The Morgan fingerprint density at radius 3 is 2.80 bits per heavy atom. The molecule has 4 aliphatic heterocycles. The summed E-state index contributed by atoms with van der Waals surface area (Å²) in [4.78, 5) is 52.9. The lowest BCUT2D eigenvalue weighted by molar-refractivity contribution is -0.144. The Morgan fingerprint density at radius 2 is 2.10 bits per heavy atom. The summed E-state index contributed by atoms with van der Waals surface area (Å²) in [7, 11) is 0. The fourth-order valence-corrected chi connectivity index (χ4v) is 5.64. The van der Waals surface area contributed by atoms with Gasteiger partial charge in [0.1, 0.15) is 5.54 Å². The van der Waals surface area contributed by atoms with Crippen LogP contribution >= 0.6 is 11.6 Å². The molecule has 5 unspecified atom stereocenters. The third kappa shape index (κ3) is 2.55. The van der Waals surface area contributed by atoms with Crippen molar-refractivity contribution in [2.24, 2.45) is 17.6 Å². The predicted octanol–water partition coefficient (Wildman–Crippen LogP) is 0.115. The van der Waals surface area contributed by atoms with Crippen LogP contribution in [0.15, 0.2) is 18.2 Å². The van der Waals surface area contributed by atoms with E-state index in [9.17, 15) is 19.2 Å². The molecular weight excluding hydrogens is 412 g/mol. The molecule has 0 aliphatic carbocycles. The zero-order valence-electron chi connectivity index (χ0n) is 16.0. The first-order chi connectivity index (χ1) is 14.3. The van der Waals surface area contributed by atoms with E-state index in [0.717, 1.165) is 12.8 Å². The number of halogens is 1. The van der Waals surface area contributed by atoms with E-state index >= 15 is 0 Å². The highest BCUT2D eigenvalue weighted by Gasteiger charge is 2.70. The summed E-state index contributed by atoms with van der Waals surface area (Å²) < 4.78 is 5.60. The summed E-state index contributed by atoms with van der Waals surface area (Å²) in [5, 5.41) is 6.22. The maximum Gasteiger partial charge on any atom is 0.250 e. The van der Waals surface area contributed by atoms with Gasteiger partial charge in [-0.1, -0.05) is 23.7 Å². The summed E-state index contributed by atoms with van der Waals surface area (Å²) in [6.07, 6.45) is 1.25. The van der Waals surface area contributed by atoms with Crippen LogP contribution in [0.2, 0.25) is 5.02 Å². The number of para-hydroxylation sites is 1. The van der Waals surface area contributed by atoms with Crippen molar-refractivity contribution in [3.8, 4) is 0 Å². The average Bonchev–Trinajstić information content (AvgIpc) is 3.42. The van der Waals surface area contributed by atoms with Crippen LogP contribution < -0.4 is 16.4 Å². The summed E-state index contributed by atoms with van der Waals surface area (Å²) >= 11 is 6.27. The van der Waals surface area contributed by atoms with Crippen molar-refractivity contribution in [2.45, 2.75) is 36.9 Å². The number of nitrogens with zero attached hydrogens (tertiary/aromatic N) is 1. The topological polar surface area (TPSA) is 131 Å². The average molecular weight is 433 g/mol. The number of imide groups is 1. The third-order valence-corrected chi connectivity index (χ3v) is 6.94. The first-order valence-corrected chi connectivity index (χ1v) is 10.4. The Morgan fingerprint density at radius 1 is 1.30 bits per heavy atom. The van der Waals surface area contributed by atoms with Crippen LogP contribution in [0, 0.1) is 11.8 Å². The molecular formula is C20H21ClN4O5. The number of rotatable bonds is 4. The molecule has 1 aromatic carbocycles. The molecule has 4 amide bonds. The van der Waals surface area contributed by atoms with E-state index in [1.807, 2.05) is 0 Å². The second-order valence-electron chi connectivity index (χ2n) is 8.27. The van der Waals surface area contributed by atoms with Gasteiger partial charge in [-0.15, -0.1) is 0 Å². The summed E-state index contributed by atoms with van der Waals surface area (Å²) in [6, 6.07) is 4.29. The predicted molar refractivity (Wildman–Crippen MR) is 105 cm³/mol. The number of benzene rings is 1. The number of hydrogen-bond donors (Lipinski definition) is 3. The van der Waals surface area contributed by atoms with Gasteiger partial charge in [0.25, 0.3) is 0 Å². The molecule has 3 saturated heterocycles. The number of anilines is 1. The summed E-state index contributed by atoms with van der Waals surface area (Å²) in [5.74, 6) is -3.79. The van der Waals surface area contributed by atoms with E-state index < -0.39 is 47.0 Å².